The maximum atomic E-state index is 12.9. The van der Waals surface area contributed by atoms with Crippen molar-refractivity contribution < 1.29 is 8.78 Å². The van der Waals surface area contributed by atoms with E-state index in [-0.39, 0.29) is 0 Å². The van der Waals surface area contributed by atoms with E-state index in [0.29, 0.717) is 6.54 Å². The van der Waals surface area contributed by atoms with Gasteiger partial charge in [0.15, 0.2) is 11.6 Å². The van der Waals surface area contributed by atoms with Gasteiger partial charge in [0, 0.05) is 13.1 Å². The molecule has 0 aliphatic heterocycles. The smallest absolute Gasteiger partial charge is 0.159 e. The second-order valence-corrected chi connectivity index (χ2v) is 4.68. The van der Waals surface area contributed by atoms with Gasteiger partial charge in [-0.15, -0.1) is 0 Å². The summed E-state index contributed by atoms with van der Waals surface area (Å²) in [7, 11) is 0. The van der Waals surface area contributed by atoms with Gasteiger partial charge in [0.25, 0.3) is 0 Å². The fourth-order valence-electron chi connectivity index (χ4n) is 1.56. The van der Waals surface area contributed by atoms with Crippen molar-refractivity contribution in [3.05, 3.63) is 57.3 Å². The fraction of sp³-hybridized carbons (Fsp3) is 0.231. The zero-order valence-corrected chi connectivity index (χ0v) is 10.3. The third-order valence-electron chi connectivity index (χ3n) is 2.59. The normalized spacial score (nSPS) is 10.8. The van der Waals surface area contributed by atoms with Crippen molar-refractivity contribution in [1.82, 2.24) is 5.32 Å². The van der Waals surface area contributed by atoms with Gasteiger partial charge in [0.05, 0.1) is 0 Å². The Hall–Kier alpha value is -1.26. The molecule has 17 heavy (non-hydrogen) atoms. The van der Waals surface area contributed by atoms with Crippen LogP contribution in [-0.4, -0.2) is 0 Å². The topological polar surface area (TPSA) is 12.0 Å². The first kappa shape index (κ1) is 12.2. The molecule has 0 atom stereocenters. The highest BCUT2D eigenvalue weighted by molar-refractivity contribution is 7.08. The van der Waals surface area contributed by atoms with E-state index in [1.54, 1.807) is 17.4 Å². The molecule has 0 unspecified atom stereocenters. The molecule has 1 aromatic heterocycles. The zero-order valence-electron chi connectivity index (χ0n) is 9.47. The van der Waals surface area contributed by atoms with Gasteiger partial charge in [0.2, 0.25) is 0 Å². The van der Waals surface area contributed by atoms with Crippen LogP contribution in [0.2, 0.25) is 0 Å². The van der Waals surface area contributed by atoms with Crippen LogP contribution in [0.1, 0.15) is 16.7 Å². The Morgan fingerprint density at radius 2 is 1.94 bits per heavy atom. The maximum Gasteiger partial charge on any atom is 0.159 e. The summed E-state index contributed by atoms with van der Waals surface area (Å²) in [6, 6.07) is 3.97. The van der Waals surface area contributed by atoms with Crippen LogP contribution in [0.15, 0.2) is 29.0 Å². The zero-order chi connectivity index (χ0) is 12.3. The lowest BCUT2D eigenvalue weighted by Gasteiger charge is -2.05. The SMILES string of the molecule is Cc1cscc1CNCc1ccc(F)c(F)c1. The van der Waals surface area contributed by atoms with E-state index in [2.05, 4.69) is 23.0 Å². The highest BCUT2D eigenvalue weighted by Gasteiger charge is 2.03. The summed E-state index contributed by atoms with van der Waals surface area (Å²) in [5, 5.41) is 7.39. The molecule has 0 saturated carbocycles. The van der Waals surface area contributed by atoms with Crippen LogP contribution < -0.4 is 5.32 Å². The summed E-state index contributed by atoms with van der Waals surface area (Å²) in [5.74, 6) is -1.60. The average Bonchev–Trinajstić information content (AvgIpc) is 2.70. The highest BCUT2D eigenvalue weighted by atomic mass is 32.1. The molecule has 0 aliphatic carbocycles. The number of aryl methyl sites for hydroxylation is 1. The molecule has 1 nitrogen and oxygen atoms in total. The van der Waals surface area contributed by atoms with E-state index in [0.717, 1.165) is 18.2 Å². The van der Waals surface area contributed by atoms with Gasteiger partial charge in [-0.25, -0.2) is 8.78 Å². The quantitative estimate of drug-likeness (QED) is 0.877. The molecule has 0 saturated heterocycles. The van der Waals surface area contributed by atoms with Gasteiger partial charge < -0.3 is 5.32 Å². The minimum absolute atomic E-state index is 0.534. The number of halogens is 2. The molecule has 0 aliphatic rings. The Bertz CT molecular complexity index is 508. The van der Waals surface area contributed by atoms with Crippen molar-refractivity contribution in [2.45, 2.75) is 20.0 Å². The van der Waals surface area contributed by atoms with E-state index in [4.69, 9.17) is 0 Å². The molecule has 2 aromatic rings. The third kappa shape index (κ3) is 3.11. The van der Waals surface area contributed by atoms with Crippen molar-refractivity contribution in [3.8, 4) is 0 Å². The Morgan fingerprint density at radius 1 is 1.12 bits per heavy atom. The summed E-state index contributed by atoms with van der Waals surface area (Å²) in [6.45, 7) is 3.34. The largest absolute Gasteiger partial charge is 0.309 e. The predicted molar refractivity (Wildman–Crippen MR) is 66.0 cm³/mol. The van der Waals surface area contributed by atoms with Gasteiger partial charge >= 0.3 is 0 Å². The minimum Gasteiger partial charge on any atom is -0.309 e. The summed E-state index contributed by atoms with van der Waals surface area (Å²) < 4.78 is 25.6. The van der Waals surface area contributed by atoms with Crippen molar-refractivity contribution in [2.24, 2.45) is 0 Å². The monoisotopic (exact) mass is 253 g/mol. The van der Waals surface area contributed by atoms with E-state index in [1.165, 1.54) is 17.2 Å². The number of hydrogen-bond acceptors (Lipinski definition) is 2. The van der Waals surface area contributed by atoms with Gasteiger partial charge in [0.1, 0.15) is 0 Å². The Kier molecular flexibility index (Phi) is 3.86. The van der Waals surface area contributed by atoms with Gasteiger partial charge in [-0.1, -0.05) is 6.07 Å². The number of rotatable bonds is 4. The Morgan fingerprint density at radius 3 is 2.59 bits per heavy atom. The first-order valence-corrected chi connectivity index (χ1v) is 6.27. The molecule has 0 bridgehead atoms. The summed E-state index contributed by atoms with van der Waals surface area (Å²) in [5.41, 5.74) is 3.25. The average molecular weight is 253 g/mol. The predicted octanol–water partition coefficient (Wildman–Crippen LogP) is 3.62. The summed E-state index contributed by atoms with van der Waals surface area (Å²) >= 11 is 1.67. The molecule has 90 valence electrons. The molecule has 1 aromatic carbocycles. The molecule has 2 rings (SSSR count). The Labute approximate surface area is 103 Å². The van der Waals surface area contributed by atoms with Crippen LogP contribution in [-0.2, 0) is 13.1 Å². The van der Waals surface area contributed by atoms with E-state index >= 15 is 0 Å². The van der Waals surface area contributed by atoms with Gasteiger partial charge in [-0.3, -0.25) is 0 Å². The summed E-state index contributed by atoms with van der Waals surface area (Å²) in [4.78, 5) is 0. The van der Waals surface area contributed by atoms with E-state index < -0.39 is 11.6 Å². The molecule has 1 heterocycles. The maximum absolute atomic E-state index is 12.9. The lowest BCUT2D eigenvalue weighted by atomic mass is 10.2. The molecular weight excluding hydrogens is 240 g/mol. The molecule has 0 radical (unpaired) electrons. The first-order valence-electron chi connectivity index (χ1n) is 5.33. The number of thiophene rings is 1. The molecule has 0 spiro atoms. The Balaban J connectivity index is 1.90. The van der Waals surface area contributed by atoms with Crippen LogP contribution in [0.4, 0.5) is 8.78 Å². The van der Waals surface area contributed by atoms with Crippen LogP contribution in [0.25, 0.3) is 0 Å². The second kappa shape index (κ2) is 5.38. The minimum atomic E-state index is -0.803. The second-order valence-electron chi connectivity index (χ2n) is 3.93. The van der Waals surface area contributed by atoms with E-state index in [9.17, 15) is 8.78 Å². The molecular formula is C13H13F2NS. The van der Waals surface area contributed by atoms with Crippen molar-refractivity contribution in [1.29, 1.82) is 0 Å². The lowest BCUT2D eigenvalue weighted by molar-refractivity contribution is 0.506. The molecule has 0 amide bonds. The third-order valence-corrected chi connectivity index (χ3v) is 3.50. The molecule has 4 heteroatoms. The van der Waals surface area contributed by atoms with Crippen LogP contribution >= 0.6 is 11.3 Å². The van der Waals surface area contributed by atoms with Gasteiger partial charge in [-0.05, 0) is 46.5 Å². The van der Waals surface area contributed by atoms with Crippen molar-refractivity contribution >= 4 is 11.3 Å². The van der Waals surface area contributed by atoms with Crippen LogP contribution in [0, 0.1) is 18.6 Å². The van der Waals surface area contributed by atoms with E-state index in [1.807, 2.05) is 0 Å². The summed E-state index contributed by atoms with van der Waals surface area (Å²) in [6.07, 6.45) is 0. The standard InChI is InChI=1S/C13H13F2NS/c1-9-7-17-8-11(9)6-16-5-10-2-3-12(14)13(15)4-10/h2-4,7-8,16H,5-6H2,1H3. The van der Waals surface area contributed by atoms with Crippen LogP contribution in [0.5, 0.6) is 0 Å². The molecule has 1 N–H and O–H groups in total. The number of benzene rings is 1. The van der Waals surface area contributed by atoms with Crippen molar-refractivity contribution in [3.63, 3.8) is 0 Å². The number of nitrogens with one attached hydrogen (secondary N) is 1. The molecule has 0 fully saturated rings. The van der Waals surface area contributed by atoms with Gasteiger partial charge in [-0.2, -0.15) is 11.3 Å². The number of hydrogen-bond donors (Lipinski definition) is 1. The lowest BCUT2D eigenvalue weighted by Crippen LogP contribution is -2.13. The first-order chi connectivity index (χ1) is 8.16. The highest BCUT2D eigenvalue weighted by Crippen LogP contribution is 2.13. The fourth-order valence-corrected chi connectivity index (χ4v) is 2.42. The van der Waals surface area contributed by atoms with Crippen LogP contribution in [0.3, 0.4) is 0 Å². The van der Waals surface area contributed by atoms with Crippen molar-refractivity contribution in [2.75, 3.05) is 0 Å².